The van der Waals surface area contributed by atoms with Crippen molar-refractivity contribution in [3.8, 4) is 16.6 Å². The molecule has 3 heterocycles. The lowest BCUT2D eigenvalue weighted by Gasteiger charge is -2.24. The Morgan fingerprint density at radius 2 is 2.03 bits per heavy atom. The third-order valence-corrected chi connectivity index (χ3v) is 8.05. The molecular weight excluding hydrogens is 472 g/mol. The van der Waals surface area contributed by atoms with Gasteiger partial charge in [0, 0.05) is 17.9 Å². The molecule has 1 fully saturated rings. The molecule has 2 aromatic carbocycles. The lowest BCUT2D eigenvalue weighted by molar-refractivity contribution is -0.116. The monoisotopic (exact) mass is 494 g/mol. The zero-order chi connectivity index (χ0) is 23.2. The highest BCUT2D eigenvalue weighted by atomic mass is 35.5. The van der Waals surface area contributed by atoms with Crippen molar-refractivity contribution in [2.45, 2.75) is 44.1 Å². The van der Waals surface area contributed by atoms with E-state index in [9.17, 15) is 4.79 Å². The molecule has 1 aliphatic heterocycles. The van der Waals surface area contributed by atoms with Crippen molar-refractivity contribution in [3.05, 3.63) is 58.7 Å². The van der Waals surface area contributed by atoms with Gasteiger partial charge in [0.15, 0.2) is 11.5 Å². The molecule has 4 aromatic rings. The molecule has 7 nitrogen and oxygen atoms in total. The van der Waals surface area contributed by atoms with Gasteiger partial charge in [-0.25, -0.2) is 4.98 Å². The molecule has 174 valence electrons. The largest absolute Gasteiger partial charge is 0.493 e. The number of aromatic nitrogens is 3. The number of thiazole rings is 1. The summed E-state index contributed by atoms with van der Waals surface area (Å²) in [6.07, 6.45) is 6.85. The van der Waals surface area contributed by atoms with Crippen LogP contribution in [0.15, 0.2) is 42.6 Å². The third-order valence-electron chi connectivity index (χ3n) is 6.54. The molecule has 1 saturated carbocycles. The van der Waals surface area contributed by atoms with E-state index in [0.717, 1.165) is 39.9 Å². The average Bonchev–Trinajstić information content (AvgIpc) is 3.58. The molecule has 0 radical (unpaired) electrons. The second-order valence-corrected chi connectivity index (χ2v) is 10.1. The standard InChI is InChI=1S/C25H23ClN4O3S/c1-32-20-10-9-14(11-21(20)33-15-5-2-3-6-15)16-12-22(31)29-24-17(16)13-27-30(24)25-28-19-8-4-7-18(26)23(19)34-25/h4,7-11,13,15-16H,2-3,5-6,12H2,1H3,(H,29,31). The molecular formula is C25H23ClN4O3S. The van der Waals surface area contributed by atoms with E-state index < -0.39 is 0 Å². The molecule has 2 aromatic heterocycles. The number of hydrogen-bond acceptors (Lipinski definition) is 6. The Hall–Kier alpha value is -3.10. The molecule has 1 amide bonds. The van der Waals surface area contributed by atoms with Gasteiger partial charge in [0.25, 0.3) is 0 Å². The fourth-order valence-corrected chi connectivity index (χ4v) is 6.06. The number of anilines is 1. The number of ether oxygens (including phenoxy) is 2. The first-order valence-corrected chi connectivity index (χ1v) is 12.6. The molecule has 1 unspecified atom stereocenters. The lowest BCUT2D eigenvalue weighted by atomic mass is 9.87. The molecule has 1 N–H and O–H groups in total. The predicted octanol–water partition coefficient (Wildman–Crippen LogP) is 5.94. The van der Waals surface area contributed by atoms with Crippen LogP contribution in [0.5, 0.6) is 11.5 Å². The van der Waals surface area contributed by atoms with E-state index in [1.54, 1.807) is 11.8 Å². The first kappa shape index (κ1) is 21.4. The molecule has 0 bridgehead atoms. The van der Waals surface area contributed by atoms with Gasteiger partial charge in [-0.05, 0) is 55.5 Å². The number of methoxy groups -OCH3 is 1. The number of rotatable bonds is 5. The number of nitrogens with zero attached hydrogens (tertiary/aromatic N) is 3. The highest BCUT2D eigenvalue weighted by molar-refractivity contribution is 7.21. The summed E-state index contributed by atoms with van der Waals surface area (Å²) < 4.78 is 14.4. The van der Waals surface area contributed by atoms with Gasteiger partial charge in [-0.2, -0.15) is 9.78 Å². The van der Waals surface area contributed by atoms with Crippen LogP contribution in [0.4, 0.5) is 5.82 Å². The van der Waals surface area contributed by atoms with Gasteiger partial charge in [0.1, 0.15) is 5.82 Å². The fraction of sp³-hybridized carbons (Fsp3) is 0.320. The van der Waals surface area contributed by atoms with Crippen LogP contribution < -0.4 is 14.8 Å². The number of nitrogens with one attached hydrogen (secondary N) is 1. The summed E-state index contributed by atoms with van der Waals surface area (Å²) in [5.74, 6) is 1.87. The molecule has 1 atom stereocenters. The summed E-state index contributed by atoms with van der Waals surface area (Å²) in [6, 6.07) is 11.6. The maximum absolute atomic E-state index is 12.8. The molecule has 34 heavy (non-hydrogen) atoms. The van der Waals surface area contributed by atoms with Crippen molar-refractivity contribution < 1.29 is 14.3 Å². The van der Waals surface area contributed by atoms with Crippen molar-refractivity contribution in [3.63, 3.8) is 0 Å². The molecule has 0 spiro atoms. The van der Waals surface area contributed by atoms with Crippen molar-refractivity contribution >= 4 is 44.9 Å². The van der Waals surface area contributed by atoms with Crippen molar-refractivity contribution in [2.24, 2.45) is 0 Å². The Morgan fingerprint density at radius 3 is 2.82 bits per heavy atom. The van der Waals surface area contributed by atoms with E-state index in [-0.39, 0.29) is 17.9 Å². The number of benzene rings is 2. The summed E-state index contributed by atoms with van der Waals surface area (Å²) in [7, 11) is 1.65. The van der Waals surface area contributed by atoms with Crippen LogP contribution in [0.2, 0.25) is 5.02 Å². The first-order valence-electron chi connectivity index (χ1n) is 11.4. The average molecular weight is 495 g/mol. The van der Waals surface area contributed by atoms with Gasteiger partial charge < -0.3 is 14.8 Å². The second-order valence-electron chi connectivity index (χ2n) is 8.68. The minimum atomic E-state index is -0.146. The molecule has 9 heteroatoms. The van der Waals surface area contributed by atoms with Crippen LogP contribution >= 0.6 is 22.9 Å². The van der Waals surface area contributed by atoms with E-state index in [4.69, 9.17) is 21.1 Å². The number of amides is 1. The third kappa shape index (κ3) is 3.71. The van der Waals surface area contributed by atoms with Crippen LogP contribution in [0.3, 0.4) is 0 Å². The van der Waals surface area contributed by atoms with Gasteiger partial charge in [0.05, 0.1) is 34.6 Å². The first-order chi connectivity index (χ1) is 16.6. The highest BCUT2D eigenvalue weighted by Crippen LogP contribution is 2.42. The van der Waals surface area contributed by atoms with Crippen molar-refractivity contribution in [1.29, 1.82) is 0 Å². The quantitative estimate of drug-likeness (QED) is 0.371. The highest BCUT2D eigenvalue weighted by Gasteiger charge is 2.32. The fourth-order valence-electron chi connectivity index (χ4n) is 4.84. The Morgan fingerprint density at radius 1 is 1.18 bits per heavy atom. The van der Waals surface area contributed by atoms with Crippen molar-refractivity contribution in [1.82, 2.24) is 14.8 Å². The van der Waals surface area contributed by atoms with Crippen molar-refractivity contribution in [2.75, 3.05) is 12.4 Å². The molecule has 2 aliphatic rings. The SMILES string of the molecule is COc1ccc(C2CC(=O)Nc3c2cnn3-c2nc3cccc(Cl)c3s2)cc1OC1CCCC1. The lowest BCUT2D eigenvalue weighted by Crippen LogP contribution is -2.24. The maximum Gasteiger partial charge on any atom is 0.226 e. The maximum atomic E-state index is 12.8. The zero-order valence-corrected chi connectivity index (χ0v) is 20.2. The summed E-state index contributed by atoms with van der Waals surface area (Å²) >= 11 is 7.80. The van der Waals surface area contributed by atoms with Crippen LogP contribution in [0, 0.1) is 0 Å². The summed E-state index contributed by atoms with van der Waals surface area (Å²) in [5.41, 5.74) is 2.75. The number of fused-ring (bicyclic) bond motifs is 2. The second kappa shape index (κ2) is 8.60. The van der Waals surface area contributed by atoms with Gasteiger partial charge >= 0.3 is 0 Å². The number of hydrogen-bond donors (Lipinski definition) is 1. The summed E-state index contributed by atoms with van der Waals surface area (Å²) in [5, 5.41) is 8.90. The number of carbonyl (C=O) groups is 1. The number of carbonyl (C=O) groups excluding carboxylic acids is 1. The van der Waals surface area contributed by atoms with Crippen LogP contribution in [0.25, 0.3) is 15.3 Å². The minimum Gasteiger partial charge on any atom is -0.493 e. The smallest absolute Gasteiger partial charge is 0.226 e. The van der Waals surface area contributed by atoms with Crippen LogP contribution in [-0.2, 0) is 4.79 Å². The van der Waals surface area contributed by atoms with E-state index in [1.807, 2.05) is 42.6 Å². The van der Waals surface area contributed by atoms with Gasteiger partial charge in [-0.3, -0.25) is 4.79 Å². The Bertz CT molecular complexity index is 1390. The van der Waals surface area contributed by atoms with E-state index in [0.29, 0.717) is 28.1 Å². The molecule has 6 rings (SSSR count). The minimum absolute atomic E-state index is 0.0625. The van der Waals surface area contributed by atoms with E-state index in [2.05, 4.69) is 15.4 Å². The topological polar surface area (TPSA) is 78.3 Å². The number of halogens is 1. The normalized spacial score (nSPS) is 18.2. The Labute approximate surface area is 205 Å². The Kier molecular flexibility index (Phi) is 5.42. The molecule has 1 aliphatic carbocycles. The summed E-state index contributed by atoms with van der Waals surface area (Å²) in [4.78, 5) is 17.4. The van der Waals surface area contributed by atoms with Crippen LogP contribution in [-0.4, -0.2) is 33.9 Å². The molecule has 0 saturated heterocycles. The zero-order valence-electron chi connectivity index (χ0n) is 18.6. The van der Waals surface area contributed by atoms with E-state index in [1.165, 1.54) is 24.2 Å². The van der Waals surface area contributed by atoms with E-state index >= 15 is 0 Å². The van der Waals surface area contributed by atoms with Crippen LogP contribution in [0.1, 0.15) is 49.1 Å². The van der Waals surface area contributed by atoms with Gasteiger partial charge in [0.2, 0.25) is 11.0 Å². The Balaban J connectivity index is 1.39. The predicted molar refractivity (Wildman–Crippen MR) is 133 cm³/mol. The van der Waals surface area contributed by atoms with Gasteiger partial charge in [-0.15, -0.1) is 0 Å². The van der Waals surface area contributed by atoms with Gasteiger partial charge in [-0.1, -0.05) is 35.1 Å². The summed E-state index contributed by atoms with van der Waals surface area (Å²) in [6.45, 7) is 0.